The first-order valence-corrected chi connectivity index (χ1v) is 7.07. The van der Waals surface area contributed by atoms with Crippen LogP contribution in [0.15, 0.2) is 28.7 Å². The van der Waals surface area contributed by atoms with Crippen LogP contribution < -0.4 is 5.32 Å². The standard InChI is InChI=1S/C14H16BrNO3/c1-9(11-4-2-3-5-12(11)15)16-13(17)8-19-14(18)10-6-7-10/h2-5,9-10H,6-8H2,1H3,(H,16,17)/t9-/m1/s1. The third-order valence-corrected chi connectivity index (χ3v) is 3.73. The second-order valence-electron chi connectivity index (χ2n) is 4.69. The lowest BCUT2D eigenvalue weighted by molar-refractivity contribution is -0.150. The molecule has 0 aromatic heterocycles. The SMILES string of the molecule is C[C@@H](NC(=O)COC(=O)C1CC1)c1ccccc1Br. The van der Waals surface area contributed by atoms with Gasteiger partial charge in [-0.15, -0.1) is 0 Å². The van der Waals surface area contributed by atoms with Crippen molar-refractivity contribution >= 4 is 27.8 Å². The van der Waals surface area contributed by atoms with Gasteiger partial charge < -0.3 is 10.1 Å². The molecule has 0 aliphatic heterocycles. The van der Waals surface area contributed by atoms with Crippen molar-refractivity contribution in [3.05, 3.63) is 34.3 Å². The molecular formula is C14H16BrNO3. The molecule has 5 heteroatoms. The van der Waals surface area contributed by atoms with E-state index in [-0.39, 0.29) is 30.4 Å². The first kappa shape index (κ1) is 14.1. The number of carbonyl (C=O) groups excluding carboxylic acids is 2. The fourth-order valence-electron chi connectivity index (χ4n) is 1.76. The summed E-state index contributed by atoms with van der Waals surface area (Å²) in [6.07, 6.45) is 1.77. The number of halogens is 1. The molecule has 0 bridgehead atoms. The molecule has 102 valence electrons. The highest BCUT2D eigenvalue weighted by Gasteiger charge is 2.31. The van der Waals surface area contributed by atoms with Gasteiger partial charge in [-0.3, -0.25) is 9.59 Å². The van der Waals surface area contributed by atoms with E-state index in [1.165, 1.54) is 0 Å². The van der Waals surface area contributed by atoms with Crippen LogP contribution in [0.2, 0.25) is 0 Å². The average Bonchev–Trinajstić information content (AvgIpc) is 3.20. The van der Waals surface area contributed by atoms with Gasteiger partial charge in [0.2, 0.25) is 0 Å². The second-order valence-corrected chi connectivity index (χ2v) is 5.55. The summed E-state index contributed by atoms with van der Waals surface area (Å²) in [4.78, 5) is 23.0. The number of hydrogen-bond donors (Lipinski definition) is 1. The molecule has 0 heterocycles. The van der Waals surface area contributed by atoms with Crippen LogP contribution in [0, 0.1) is 5.92 Å². The van der Waals surface area contributed by atoms with Crippen molar-refractivity contribution in [1.82, 2.24) is 5.32 Å². The highest BCUT2D eigenvalue weighted by molar-refractivity contribution is 9.10. The van der Waals surface area contributed by atoms with Gasteiger partial charge in [0, 0.05) is 4.47 Å². The van der Waals surface area contributed by atoms with Crippen LogP contribution in [-0.4, -0.2) is 18.5 Å². The predicted octanol–water partition coefficient (Wildman–Crippen LogP) is 2.58. The maximum Gasteiger partial charge on any atom is 0.309 e. The number of rotatable bonds is 5. The Kier molecular flexibility index (Phi) is 4.58. The fraction of sp³-hybridized carbons (Fsp3) is 0.429. The minimum Gasteiger partial charge on any atom is -0.455 e. The lowest BCUT2D eigenvalue weighted by atomic mass is 10.1. The van der Waals surface area contributed by atoms with Crippen LogP contribution in [-0.2, 0) is 14.3 Å². The van der Waals surface area contributed by atoms with Crippen LogP contribution in [0.1, 0.15) is 31.4 Å². The maximum absolute atomic E-state index is 11.7. The zero-order valence-electron chi connectivity index (χ0n) is 10.7. The number of carbonyl (C=O) groups is 2. The summed E-state index contributed by atoms with van der Waals surface area (Å²) in [5, 5.41) is 2.81. The Morgan fingerprint density at radius 2 is 2.11 bits per heavy atom. The van der Waals surface area contributed by atoms with Gasteiger partial charge in [-0.1, -0.05) is 34.1 Å². The van der Waals surface area contributed by atoms with E-state index < -0.39 is 0 Å². The van der Waals surface area contributed by atoms with Crippen LogP contribution in [0.4, 0.5) is 0 Å². The molecule has 1 aromatic carbocycles. The second kappa shape index (κ2) is 6.19. The zero-order valence-corrected chi connectivity index (χ0v) is 12.3. The minimum absolute atomic E-state index is 0.0218. The highest BCUT2D eigenvalue weighted by Crippen LogP contribution is 2.30. The summed E-state index contributed by atoms with van der Waals surface area (Å²) in [5.74, 6) is -0.519. The molecular weight excluding hydrogens is 310 g/mol. The monoisotopic (exact) mass is 325 g/mol. The molecule has 1 aliphatic rings. The van der Waals surface area contributed by atoms with Gasteiger partial charge in [-0.2, -0.15) is 0 Å². The summed E-state index contributed by atoms with van der Waals surface area (Å²) < 4.78 is 5.87. The van der Waals surface area contributed by atoms with Crippen molar-refractivity contribution in [3.8, 4) is 0 Å². The van der Waals surface area contributed by atoms with Crippen LogP contribution in [0.25, 0.3) is 0 Å². The van der Waals surface area contributed by atoms with E-state index in [4.69, 9.17) is 4.74 Å². The molecule has 0 radical (unpaired) electrons. The Labute approximate surface area is 120 Å². The fourth-order valence-corrected chi connectivity index (χ4v) is 2.39. The van der Waals surface area contributed by atoms with Crippen LogP contribution in [0.5, 0.6) is 0 Å². The number of ether oxygens (including phenoxy) is 1. The molecule has 1 N–H and O–H groups in total. The van der Waals surface area contributed by atoms with E-state index in [1.807, 2.05) is 31.2 Å². The highest BCUT2D eigenvalue weighted by atomic mass is 79.9. The van der Waals surface area contributed by atoms with Gasteiger partial charge >= 0.3 is 5.97 Å². The van der Waals surface area contributed by atoms with Crippen molar-refractivity contribution in [2.24, 2.45) is 5.92 Å². The van der Waals surface area contributed by atoms with Crippen molar-refractivity contribution in [1.29, 1.82) is 0 Å². The van der Waals surface area contributed by atoms with E-state index in [1.54, 1.807) is 0 Å². The topological polar surface area (TPSA) is 55.4 Å². The van der Waals surface area contributed by atoms with E-state index in [0.717, 1.165) is 22.9 Å². The molecule has 19 heavy (non-hydrogen) atoms. The molecule has 2 rings (SSSR count). The quantitative estimate of drug-likeness (QED) is 0.846. The zero-order chi connectivity index (χ0) is 13.8. The molecule has 1 fully saturated rings. The summed E-state index contributed by atoms with van der Waals surface area (Å²) >= 11 is 3.44. The normalized spacial score (nSPS) is 15.7. The van der Waals surface area contributed by atoms with Gasteiger partial charge in [0.15, 0.2) is 6.61 Å². The summed E-state index contributed by atoms with van der Waals surface area (Å²) in [6.45, 7) is 1.69. The van der Waals surface area contributed by atoms with E-state index in [9.17, 15) is 9.59 Å². The van der Waals surface area contributed by atoms with E-state index >= 15 is 0 Å². The van der Waals surface area contributed by atoms with Crippen molar-refractivity contribution in [2.75, 3.05) is 6.61 Å². The molecule has 0 saturated heterocycles. The molecule has 1 saturated carbocycles. The lowest BCUT2D eigenvalue weighted by Gasteiger charge is -2.15. The lowest BCUT2D eigenvalue weighted by Crippen LogP contribution is -2.31. The summed E-state index contributed by atoms with van der Waals surface area (Å²) in [5.41, 5.74) is 0.990. The van der Waals surface area contributed by atoms with Gasteiger partial charge in [0.1, 0.15) is 0 Å². The van der Waals surface area contributed by atoms with Gasteiger partial charge in [0.25, 0.3) is 5.91 Å². The number of hydrogen-bond acceptors (Lipinski definition) is 3. The van der Waals surface area contributed by atoms with Gasteiger partial charge in [-0.05, 0) is 31.4 Å². The Morgan fingerprint density at radius 3 is 2.74 bits per heavy atom. The number of amides is 1. The Balaban J connectivity index is 1.81. The third-order valence-electron chi connectivity index (χ3n) is 3.01. The Morgan fingerprint density at radius 1 is 1.42 bits per heavy atom. The number of nitrogens with one attached hydrogen (secondary N) is 1. The Bertz CT molecular complexity index is 485. The molecule has 1 amide bonds. The Hall–Kier alpha value is -1.36. The molecule has 1 aliphatic carbocycles. The number of esters is 1. The van der Waals surface area contributed by atoms with Crippen LogP contribution in [0.3, 0.4) is 0 Å². The summed E-state index contributed by atoms with van der Waals surface area (Å²) in [7, 11) is 0. The van der Waals surface area contributed by atoms with E-state index in [2.05, 4.69) is 21.2 Å². The smallest absolute Gasteiger partial charge is 0.309 e. The van der Waals surface area contributed by atoms with Gasteiger partial charge in [0.05, 0.1) is 12.0 Å². The maximum atomic E-state index is 11.7. The van der Waals surface area contributed by atoms with Crippen molar-refractivity contribution in [2.45, 2.75) is 25.8 Å². The minimum atomic E-state index is -0.280. The molecule has 1 atom stereocenters. The van der Waals surface area contributed by atoms with Crippen LogP contribution >= 0.6 is 15.9 Å². The third kappa shape index (κ3) is 4.06. The molecule has 0 spiro atoms. The molecule has 4 nitrogen and oxygen atoms in total. The van der Waals surface area contributed by atoms with Crippen molar-refractivity contribution in [3.63, 3.8) is 0 Å². The average molecular weight is 326 g/mol. The van der Waals surface area contributed by atoms with Crippen molar-refractivity contribution < 1.29 is 14.3 Å². The predicted molar refractivity (Wildman–Crippen MR) is 74.4 cm³/mol. The number of benzene rings is 1. The first-order chi connectivity index (χ1) is 9.08. The van der Waals surface area contributed by atoms with E-state index in [0.29, 0.717) is 0 Å². The van der Waals surface area contributed by atoms with Gasteiger partial charge in [-0.25, -0.2) is 0 Å². The molecule has 0 unspecified atom stereocenters. The summed E-state index contributed by atoms with van der Waals surface area (Å²) in [6, 6.07) is 7.55. The first-order valence-electron chi connectivity index (χ1n) is 6.28. The molecule has 1 aromatic rings. The largest absolute Gasteiger partial charge is 0.455 e.